The molecule has 0 unspecified atom stereocenters. The zero-order chi connectivity index (χ0) is 77.6. The van der Waals surface area contributed by atoms with E-state index in [4.69, 9.17) is 18.9 Å². The number of ether oxygens (including phenoxy) is 4. The molecule has 0 saturated heterocycles. The van der Waals surface area contributed by atoms with Gasteiger partial charge in [0.25, 0.3) is 47.3 Å². The van der Waals surface area contributed by atoms with Crippen molar-refractivity contribution in [3.8, 4) is 23.0 Å². The van der Waals surface area contributed by atoms with E-state index in [1.165, 1.54) is 72.8 Å². The number of hydrogen-bond acceptors (Lipinski definition) is 16. The van der Waals surface area contributed by atoms with Crippen LogP contribution in [0.15, 0.2) is 122 Å². The summed E-state index contributed by atoms with van der Waals surface area (Å²) in [5.74, 6) is -11.9. The van der Waals surface area contributed by atoms with E-state index in [-0.39, 0.29) is 102 Å². The van der Waals surface area contributed by atoms with E-state index < -0.39 is 116 Å². The first-order valence-electron chi connectivity index (χ1n) is 34.0. The molecule has 0 aromatic heterocycles. The number of anilines is 8. The highest BCUT2D eigenvalue weighted by Crippen LogP contribution is 2.38. The predicted octanol–water partition coefficient (Wildman–Crippen LogP) is 12.2. The molecule has 552 valence electrons. The lowest BCUT2D eigenvalue weighted by molar-refractivity contribution is -0.234. The average Bonchev–Trinajstić information content (AvgIpc) is 0.795. The average molecular weight is 1450 g/mol. The van der Waals surface area contributed by atoms with Crippen molar-refractivity contribution in [1.29, 1.82) is 0 Å². The number of phenolic OH excluding ortho intramolecular Hbond substituents is 2. The lowest BCUT2D eigenvalue weighted by Crippen LogP contribution is -2.55. The highest BCUT2D eigenvalue weighted by molar-refractivity contribution is 6.18. The molecule has 0 fully saturated rings. The van der Waals surface area contributed by atoms with Crippen LogP contribution >= 0.6 is 0 Å². The molecule has 14 bridgehead atoms. The van der Waals surface area contributed by atoms with Crippen LogP contribution in [0, 0.1) is 83.1 Å². The van der Waals surface area contributed by atoms with E-state index in [0.717, 1.165) is 12.2 Å². The van der Waals surface area contributed by atoms with Gasteiger partial charge >= 0.3 is 0 Å². The van der Waals surface area contributed by atoms with Gasteiger partial charge in [-0.05, 0) is 235 Å². The maximum atomic E-state index is 15.2. The molecule has 2 aliphatic heterocycles. The zero-order valence-corrected chi connectivity index (χ0v) is 61.2. The standard InChI is InChI=1S/C81H82N10O16/c1-15-67(92)82-37-81(38-83-68(93)16-2)106-19-17-104-71-55-25-41(5)27-57(71)79(102)90-65-35-61(45(9)31-49(65)13)86-75(98)53-23-40(4)24-54(70(53)95)76(99)87-62-36-66(50(14)32-46(62)10)91-80(103)58-28-42(6)26-56(72(58)105-18-20-107-81)78(101)89-64-34-60(44(8)30-48(64)12)85-74(97)52-22-39(3)21-51(69(52)94)73(96)84-59-33-63(88-77(55)100)47(11)29-43(59)7/h15-16,21-36,94-95H,1-2,17-20,37-38H2,3-14H3,(H,82,92)(H,83,93)(H,84,96)(H,85,97)(H,86,98)(H,87,99)(H,88,100)(H,89,101)(H,90,102)(H,91,103). The Hall–Kier alpha value is -12.9. The van der Waals surface area contributed by atoms with Gasteiger partial charge in [0.05, 0.1) is 70.8 Å². The van der Waals surface area contributed by atoms with E-state index in [2.05, 4.69) is 66.3 Å². The lowest BCUT2D eigenvalue weighted by Gasteiger charge is -2.34. The summed E-state index contributed by atoms with van der Waals surface area (Å²) in [5, 5.41) is 52.0. The SMILES string of the molecule is C=CC(=O)NCC1(CNC(=O)C=C)OCCOc2c3cc(C)cc2C(=O)Nc2cc(c(C)cc2C)NC(=O)c2cc(C)cc(c2O)C(=O)Nc2cc(c(C)cc2C)NC(=O)c2cc(C)cc(c2OCCO1)C(=O)Nc1cc(c(C)cc1C)NC(=O)c1cc(C)cc(c1O)C(=O)Nc1cc(c(C)cc1C)NC3=O. The second-order valence-corrected chi connectivity index (χ2v) is 26.5. The third-order valence-corrected chi connectivity index (χ3v) is 18.0. The molecule has 2 aliphatic rings. The van der Waals surface area contributed by atoms with Gasteiger partial charge in [-0.1, -0.05) is 37.4 Å². The Labute approximate surface area is 617 Å². The van der Waals surface area contributed by atoms with E-state index in [1.807, 2.05) is 0 Å². The highest BCUT2D eigenvalue weighted by atomic mass is 16.7. The highest BCUT2D eigenvalue weighted by Gasteiger charge is 2.36. The van der Waals surface area contributed by atoms with Gasteiger partial charge in [0.2, 0.25) is 17.6 Å². The number of carbonyl (C=O) groups is 10. The first-order valence-corrected chi connectivity index (χ1v) is 34.0. The fourth-order valence-corrected chi connectivity index (χ4v) is 12.4. The minimum Gasteiger partial charge on any atom is -0.506 e. The monoisotopic (exact) mass is 1450 g/mol. The van der Waals surface area contributed by atoms with Crippen LogP contribution in [0.5, 0.6) is 23.0 Å². The summed E-state index contributed by atoms with van der Waals surface area (Å²) in [6, 6.07) is 24.2. The Morgan fingerprint density at radius 1 is 0.336 bits per heavy atom. The molecule has 107 heavy (non-hydrogen) atoms. The molecule has 2 heterocycles. The zero-order valence-electron chi connectivity index (χ0n) is 61.2. The Morgan fingerprint density at radius 3 is 0.738 bits per heavy atom. The van der Waals surface area contributed by atoms with Gasteiger partial charge in [0, 0.05) is 45.5 Å². The number of aromatic hydroxyl groups is 2. The molecule has 0 aliphatic carbocycles. The molecule has 0 spiro atoms. The van der Waals surface area contributed by atoms with Gasteiger partial charge < -0.3 is 82.3 Å². The van der Waals surface area contributed by atoms with Gasteiger partial charge in [-0.25, -0.2) is 0 Å². The molecule has 8 aromatic rings. The van der Waals surface area contributed by atoms with Crippen LogP contribution in [0.1, 0.15) is 150 Å². The van der Waals surface area contributed by atoms with E-state index in [0.29, 0.717) is 66.8 Å². The predicted molar refractivity (Wildman–Crippen MR) is 407 cm³/mol. The fourth-order valence-electron chi connectivity index (χ4n) is 12.4. The summed E-state index contributed by atoms with van der Waals surface area (Å²) >= 11 is 0. The van der Waals surface area contributed by atoms with Crippen molar-refractivity contribution < 1.29 is 77.1 Å². The lowest BCUT2D eigenvalue weighted by atomic mass is 10.0. The normalized spacial score (nSPS) is 14.5. The van der Waals surface area contributed by atoms with Crippen LogP contribution in [0.3, 0.4) is 0 Å². The summed E-state index contributed by atoms with van der Waals surface area (Å²) in [6.45, 7) is 24.4. The number of nitrogens with one attached hydrogen (secondary N) is 10. The maximum absolute atomic E-state index is 15.2. The Bertz CT molecular complexity index is 4540. The van der Waals surface area contributed by atoms with Crippen molar-refractivity contribution in [1.82, 2.24) is 10.6 Å². The summed E-state index contributed by atoms with van der Waals surface area (Å²) < 4.78 is 26.1. The van der Waals surface area contributed by atoms with Crippen LogP contribution < -0.4 is 62.6 Å². The molecule has 0 saturated carbocycles. The van der Waals surface area contributed by atoms with Crippen molar-refractivity contribution in [2.75, 3.05) is 82.1 Å². The van der Waals surface area contributed by atoms with Crippen LogP contribution in [0.2, 0.25) is 0 Å². The van der Waals surface area contributed by atoms with Crippen LogP contribution in [0.4, 0.5) is 45.5 Å². The molecular weight excluding hydrogens is 1370 g/mol. The maximum Gasteiger partial charge on any atom is 0.259 e. The summed E-state index contributed by atoms with van der Waals surface area (Å²) in [6.07, 6.45) is 1.98. The Kier molecular flexibility index (Phi) is 22.9. The number of phenols is 2. The van der Waals surface area contributed by atoms with Crippen LogP contribution in [0.25, 0.3) is 0 Å². The van der Waals surface area contributed by atoms with Gasteiger partial charge in [0.1, 0.15) is 36.2 Å². The summed E-state index contributed by atoms with van der Waals surface area (Å²) in [4.78, 5) is 145. The summed E-state index contributed by atoms with van der Waals surface area (Å²) in [7, 11) is 0. The fraction of sp³-hybridized carbons (Fsp3) is 0.235. The van der Waals surface area contributed by atoms with E-state index >= 15 is 19.2 Å². The third kappa shape index (κ3) is 17.3. The Balaban J connectivity index is 1.18. The van der Waals surface area contributed by atoms with E-state index in [1.54, 1.807) is 107 Å². The first kappa shape index (κ1) is 76.7. The number of rotatable bonds is 6. The number of carbonyl (C=O) groups excluding carboxylic acids is 10. The number of fused-ring (bicyclic) bond motifs is 20. The molecule has 12 N–H and O–H groups in total. The Morgan fingerprint density at radius 2 is 0.533 bits per heavy atom. The minimum absolute atomic E-state index is 0.180. The second kappa shape index (κ2) is 32.0. The number of amides is 10. The third-order valence-electron chi connectivity index (χ3n) is 18.0. The number of benzene rings is 8. The van der Waals surface area contributed by atoms with Gasteiger partial charge in [-0.3, -0.25) is 47.9 Å². The van der Waals surface area contributed by atoms with Gasteiger partial charge in [0.15, 0.2) is 0 Å². The molecule has 10 rings (SSSR count). The van der Waals surface area contributed by atoms with Gasteiger partial charge in [-0.2, -0.15) is 0 Å². The molecule has 26 heteroatoms. The number of aryl methyl sites for hydroxylation is 12. The quantitative estimate of drug-likeness (QED) is 0.0688. The van der Waals surface area contributed by atoms with Gasteiger partial charge in [-0.15, -0.1) is 0 Å². The molecular formula is C81H82N10O16. The van der Waals surface area contributed by atoms with E-state index in [9.17, 15) is 39.0 Å². The topological polar surface area (TPSA) is 368 Å². The largest absolute Gasteiger partial charge is 0.506 e. The van der Waals surface area contributed by atoms with Crippen molar-refractivity contribution in [2.45, 2.75) is 88.9 Å². The van der Waals surface area contributed by atoms with Crippen LogP contribution in [-0.4, -0.2) is 115 Å². The van der Waals surface area contributed by atoms with Crippen molar-refractivity contribution in [3.05, 3.63) is 234 Å². The van der Waals surface area contributed by atoms with Crippen LogP contribution in [-0.2, 0) is 19.1 Å². The molecule has 0 radical (unpaired) electrons. The minimum atomic E-state index is -2.05. The first-order chi connectivity index (χ1) is 50.7. The summed E-state index contributed by atoms with van der Waals surface area (Å²) in [5.41, 5.74) is 5.44. The smallest absolute Gasteiger partial charge is 0.259 e. The second-order valence-electron chi connectivity index (χ2n) is 26.5. The number of hydrogen-bond donors (Lipinski definition) is 12. The van der Waals surface area contributed by atoms with Crippen molar-refractivity contribution in [2.24, 2.45) is 0 Å². The molecule has 26 nitrogen and oxygen atoms in total. The molecule has 0 atom stereocenters. The van der Waals surface area contributed by atoms with Crippen molar-refractivity contribution >= 4 is 105 Å². The molecule has 8 aromatic carbocycles. The van der Waals surface area contributed by atoms with Crippen molar-refractivity contribution in [3.63, 3.8) is 0 Å². The molecule has 10 amide bonds.